The topological polar surface area (TPSA) is 67.6 Å². The molecular formula is C22H22ClNO4S. The number of aryl methyl sites for hydroxylation is 2. The summed E-state index contributed by atoms with van der Waals surface area (Å²) >= 11 is 6.32. The smallest absolute Gasteiger partial charge is 0.290 e. The van der Waals surface area contributed by atoms with Crippen LogP contribution in [0, 0.1) is 13.8 Å². The molecule has 2 aromatic carbocycles. The molecule has 1 atom stereocenters. The van der Waals surface area contributed by atoms with E-state index in [4.69, 9.17) is 16.0 Å². The van der Waals surface area contributed by atoms with E-state index < -0.39 is 15.9 Å². The molecule has 29 heavy (non-hydrogen) atoms. The average Bonchev–Trinajstić information content (AvgIpc) is 3.20. The van der Waals surface area contributed by atoms with E-state index in [1.54, 1.807) is 11.0 Å². The lowest BCUT2D eigenvalue weighted by molar-refractivity contribution is 0.0649. The summed E-state index contributed by atoms with van der Waals surface area (Å²) in [6.45, 7) is 4.08. The van der Waals surface area contributed by atoms with Gasteiger partial charge in [0, 0.05) is 28.6 Å². The molecule has 3 aromatic rings. The monoisotopic (exact) mass is 431 g/mol. The van der Waals surface area contributed by atoms with Crippen LogP contribution in [0.25, 0.3) is 11.0 Å². The maximum absolute atomic E-state index is 13.5. The fraction of sp³-hybridized carbons (Fsp3) is 0.318. The molecular weight excluding hydrogens is 410 g/mol. The number of furan rings is 1. The maximum atomic E-state index is 13.5. The lowest BCUT2D eigenvalue weighted by atomic mass is 10.1. The number of rotatable bonds is 4. The quantitative estimate of drug-likeness (QED) is 0.608. The van der Waals surface area contributed by atoms with Crippen LogP contribution < -0.4 is 0 Å². The van der Waals surface area contributed by atoms with E-state index in [0.29, 0.717) is 17.0 Å². The molecule has 1 fully saturated rings. The zero-order valence-electron chi connectivity index (χ0n) is 16.3. The van der Waals surface area contributed by atoms with Crippen LogP contribution in [0.5, 0.6) is 0 Å². The highest BCUT2D eigenvalue weighted by Crippen LogP contribution is 2.30. The Kier molecular flexibility index (Phi) is 5.17. The van der Waals surface area contributed by atoms with Crippen LogP contribution in [0.3, 0.4) is 0 Å². The third-order valence-corrected chi connectivity index (χ3v) is 7.61. The molecule has 0 saturated carbocycles. The molecule has 2 heterocycles. The first kappa shape index (κ1) is 20.0. The molecule has 1 aliphatic rings. The van der Waals surface area contributed by atoms with Crippen LogP contribution in [-0.4, -0.2) is 36.8 Å². The van der Waals surface area contributed by atoms with E-state index in [-0.39, 0.29) is 29.7 Å². The summed E-state index contributed by atoms with van der Waals surface area (Å²) in [6, 6.07) is 12.7. The molecule has 1 saturated heterocycles. The number of fused-ring (bicyclic) bond motifs is 1. The highest BCUT2D eigenvalue weighted by Gasteiger charge is 2.37. The molecule has 7 heteroatoms. The molecule has 1 aliphatic heterocycles. The fourth-order valence-electron chi connectivity index (χ4n) is 3.87. The van der Waals surface area contributed by atoms with Gasteiger partial charge >= 0.3 is 0 Å². The third-order valence-electron chi connectivity index (χ3n) is 5.49. The van der Waals surface area contributed by atoms with Crippen molar-refractivity contribution in [2.45, 2.75) is 32.9 Å². The minimum absolute atomic E-state index is 0.0401. The number of benzene rings is 2. The summed E-state index contributed by atoms with van der Waals surface area (Å²) in [5.74, 6) is -0.00977. The summed E-state index contributed by atoms with van der Waals surface area (Å²) in [5.41, 5.74) is 3.26. The molecule has 0 spiro atoms. The highest BCUT2D eigenvalue weighted by atomic mass is 35.5. The van der Waals surface area contributed by atoms with E-state index in [9.17, 15) is 13.2 Å². The van der Waals surface area contributed by atoms with Gasteiger partial charge in [0.05, 0.1) is 11.5 Å². The standard InChI is InChI=1S/C22H22ClNO4S/c1-14-7-8-20-18(11-14)15(2)21(28-20)22(25)24(17-9-10-29(26,27)13-17)12-16-5-3-4-6-19(16)23/h3-8,11,17H,9-10,12-13H2,1-2H3. The Balaban J connectivity index is 1.75. The molecule has 0 radical (unpaired) electrons. The molecule has 1 aromatic heterocycles. The van der Waals surface area contributed by atoms with E-state index in [0.717, 1.165) is 22.1 Å². The number of amides is 1. The van der Waals surface area contributed by atoms with Crippen molar-refractivity contribution in [1.82, 2.24) is 4.90 Å². The minimum Gasteiger partial charge on any atom is -0.451 e. The largest absolute Gasteiger partial charge is 0.451 e. The Morgan fingerprint density at radius 1 is 1.21 bits per heavy atom. The van der Waals surface area contributed by atoms with Crippen LogP contribution in [0.2, 0.25) is 5.02 Å². The first-order valence-corrected chi connectivity index (χ1v) is 11.7. The van der Waals surface area contributed by atoms with E-state index in [1.165, 1.54) is 0 Å². The summed E-state index contributed by atoms with van der Waals surface area (Å²) in [5, 5.41) is 1.44. The maximum Gasteiger partial charge on any atom is 0.290 e. The van der Waals surface area contributed by atoms with Crippen molar-refractivity contribution in [1.29, 1.82) is 0 Å². The second-order valence-electron chi connectivity index (χ2n) is 7.64. The molecule has 0 N–H and O–H groups in total. The predicted octanol–water partition coefficient (Wildman–Crippen LogP) is 4.53. The lowest BCUT2D eigenvalue weighted by Gasteiger charge is -2.28. The van der Waals surface area contributed by atoms with Crippen molar-refractivity contribution < 1.29 is 17.6 Å². The number of carbonyl (C=O) groups is 1. The summed E-state index contributed by atoms with van der Waals surface area (Å²) in [7, 11) is -3.16. The molecule has 1 unspecified atom stereocenters. The van der Waals surface area contributed by atoms with Gasteiger partial charge in [-0.15, -0.1) is 0 Å². The van der Waals surface area contributed by atoms with Crippen molar-refractivity contribution >= 4 is 38.3 Å². The van der Waals surface area contributed by atoms with Crippen molar-refractivity contribution in [3.8, 4) is 0 Å². The molecule has 0 bridgehead atoms. The van der Waals surface area contributed by atoms with Gasteiger partial charge in [-0.05, 0) is 44.0 Å². The Bertz CT molecular complexity index is 1200. The summed E-state index contributed by atoms with van der Waals surface area (Å²) < 4.78 is 30.1. The van der Waals surface area contributed by atoms with Crippen LogP contribution in [-0.2, 0) is 16.4 Å². The molecule has 4 rings (SSSR count). The van der Waals surface area contributed by atoms with Crippen molar-refractivity contribution in [3.05, 3.63) is 69.9 Å². The van der Waals surface area contributed by atoms with Gasteiger partial charge in [0.15, 0.2) is 15.6 Å². The van der Waals surface area contributed by atoms with Crippen LogP contribution >= 0.6 is 11.6 Å². The van der Waals surface area contributed by atoms with Gasteiger partial charge in [0.1, 0.15) is 5.58 Å². The van der Waals surface area contributed by atoms with Gasteiger partial charge in [0.25, 0.3) is 5.91 Å². The van der Waals surface area contributed by atoms with Crippen LogP contribution in [0.1, 0.15) is 33.7 Å². The number of carbonyl (C=O) groups excluding carboxylic acids is 1. The van der Waals surface area contributed by atoms with Crippen molar-refractivity contribution in [2.24, 2.45) is 0 Å². The van der Waals surface area contributed by atoms with Gasteiger partial charge in [-0.2, -0.15) is 0 Å². The molecule has 1 amide bonds. The van der Waals surface area contributed by atoms with Crippen molar-refractivity contribution in [3.63, 3.8) is 0 Å². The zero-order valence-corrected chi connectivity index (χ0v) is 17.9. The van der Waals surface area contributed by atoms with Crippen molar-refractivity contribution in [2.75, 3.05) is 11.5 Å². The zero-order chi connectivity index (χ0) is 20.8. The van der Waals surface area contributed by atoms with E-state index in [2.05, 4.69) is 0 Å². The molecule has 152 valence electrons. The highest BCUT2D eigenvalue weighted by molar-refractivity contribution is 7.91. The normalized spacial score (nSPS) is 18.2. The second-order valence-corrected chi connectivity index (χ2v) is 10.3. The van der Waals surface area contributed by atoms with Gasteiger partial charge in [-0.3, -0.25) is 4.79 Å². The first-order chi connectivity index (χ1) is 13.7. The first-order valence-electron chi connectivity index (χ1n) is 9.50. The Labute approximate surface area is 175 Å². The van der Waals surface area contributed by atoms with Gasteiger partial charge in [-0.1, -0.05) is 41.4 Å². The summed E-state index contributed by atoms with van der Waals surface area (Å²) in [4.78, 5) is 15.1. The molecule has 0 aliphatic carbocycles. The number of nitrogens with zero attached hydrogens (tertiary/aromatic N) is 1. The third kappa shape index (κ3) is 3.91. The minimum atomic E-state index is -3.16. The Morgan fingerprint density at radius 3 is 2.66 bits per heavy atom. The van der Waals surface area contributed by atoms with Crippen LogP contribution in [0.15, 0.2) is 46.9 Å². The predicted molar refractivity (Wildman–Crippen MR) is 114 cm³/mol. The number of hydrogen-bond donors (Lipinski definition) is 0. The summed E-state index contributed by atoms with van der Waals surface area (Å²) in [6.07, 6.45) is 0.414. The number of sulfone groups is 1. The van der Waals surface area contributed by atoms with Gasteiger partial charge < -0.3 is 9.32 Å². The number of hydrogen-bond acceptors (Lipinski definition) is 4. The fourth-order valence-corrected chi connectivity index (χ4v) is 5.79. The average molecular weight is 432 g/mol. The molecule has 5 nitrogen and oxygen atoms in total. The Hall–Kier alpha value is -2.31. The van der Waals surface area contributed by atoms with E-state index >= 15 is 0 Å². The van der Waals surface area contributed by atoms with E-state index in [1.807, 2.05) is 50.2 Å². The van der Waals surface area contributed by atoms with Gasteiger partial charge in [0.2, 0.25) is 0 Å². The second kappa shape index (κ2) is 7.50. The SMILES string of the molecule is Cc1ccc2oc(C(=O)N(Cc3ccccc3Cl)C3CCS(=O)(=O)C3)c(C)c2c1. The van der Waals surface area contributed by atoms with Crippen LogP contribution in [0.4, 0.5) is 0 Å². The van der Waals surface area contributed by atoms with Gasteiger partial charge in [-0.25, -0.2) is 8.42 Å². The number of halogens is 1. The lowest BCUT2D eigenvalue weighted by Crippen LogP contribution is -2.40. The Morgan fingerprint density at radius 2 is 1.97 bits per heavy atom.